The molecule has 2 N–H and O–H groups in total. The van der Waals surface area contributed by atoms with E-state index in [1.54, 1.807) is 17.0 Å². The van der Waals surface area contributed by atoms with Gasteiger partial charge in [0.05, 0.1) is 12.7 Å². The van der Waals surface area contributed by atoms with Gasteiger partial charge in [0, 0.05) is 12.1 Å². The molecular formula is C16H24N2O4. The van der Waals surface area contributed by atoms with Crippen LogP contribution in [-0.4, -0.2) is 42.5 Å². The van der Waals surface area contributed by atoms with Gasteiger partial charge < -0.3 is 20.1 Å². The smallest absolute Gasteiger partial charge is 0.260 e. The minimum atomic E-state index is -0.633. The van der Waals surface area contributed by atoms with E-state index in [-0.39, 0.29) is 35.9 Å². The van der Waals surface area contributed by atoms with Crippen molar-refractivity contribution < 1.29 is 19.1 Å². The number of rotatable bonds is 7. The monoisotopic (exact) mass is 308 g/mol. The molecule has 1 aromatic carbocycles. The molecule has 0 bridgehead atoms. The minimum absolute atomic E-state index is 0.0596. The number of amides is 2. The molecule has 0 saturated carbocycles. The lowest BCUT2D eigenvalue weighted by Crippen LogP contribution is -2.44. The average Bonchev–Trinajstić information content (AvgIpc) is 2.43. The predicted octanol–water partition coefficient (Wildman–Crippen LogP) is 1.82. The number of primary amides is 1. The second kappa shape index (κ2) is 7.68. The van der Waals surface area contributed by atoms with Crippen molar-refractivity contribution in [2.24, 2.45) is 5.73 Å². The molecule has 0 aliphatic carbocycles. The quantitative estimate of drug-likeness (QED) is 0.833. The molecular weight excluding hydrogens is 284 g/mol. The van der Waals surface area contributed by atoms with Crippen LogP contribution < -0.4 is 15.2 Å². The van der Waals surface area contributed by atoms with Crippen molar-refractivity contribution in [3.63, 3.8) is 0 Å². The first-order valence-corrected chi connectivity index (χ1v) is 7.20. The van der Waals surface area contributed by atoms with Crippen LogP contribution in [0, 0.1) is 0 Å². The lowest BCUT2D eigenvalue weighted by atomic mass is 10.1. The normalized spacial score (nSPS) is 10.7. The summed E-state index contributed by atoms with van der Waals surface area (Å²) in [5.41, 5.74) is 5.52. The van der Waals surface area contributed by atoms with Gasteiger partial charge in [-0.15, -0.1) is 0 Å². The summed E-state index contributed by atoms with van der Waals surface area (Å²) >= 11 is 0. The SMILES string of the molecule is COc1cccc(C(N)=O)c1OCC(=O)N(C(C)C)C(C)C. The lowest BCUT2D eigenvalue weighted by Gasteiger charge is -2.30. The van der Waals surface area contributed by atoms with Gasteiger partial charge in [0.25, 0.3) is 11.8 Å². The van der Waals surface area contributed by atoms with Gasteiger partial charge >= 0.3 is 0 Å². The number of hydrogen-bond acceptors (Lipinski definition) is 4. The van der Waals surface area contributed by atoms with Crippen LogP contribution in [0.15, 0.2) is 18.2 Å². The Morgan fingerprint density at radius 3 is 2.23 bits per heavy atom. The van der Waals surface area contributed by atoms with E-state index < -0.39 is 5.91 Å². The Morgan fingerprint density at radius 1 is 1.18 bits per heavy atom. The van der Waals surface area contributed by atoms with Crippen LogP contribution in [0.25, 0.3) is 0 Å². The Kier molecular flexibility index (Phi) is 6.22. The van der Waals surface area contributed by atoms with Gasteiger partial charge in [-0.3, -0.25) is 9.59 Å². The standard InChI is InChI=1S/C16H24N2O4/c1-10(2)18(11(3)4)14(19)9-22-15-12(16(17)20)7-6-8-13(15)21-5/h6-8,10-11H,9H2,1-5H3,(H2,17,20). The molecule has 0 aromatic heterocycles. The Hall–Kier alpha value is -2.24. The molecule has 1 aromatic rings. The third-order valence-electron chi connectivity index (χ3n) is 3.20. The molecule has 0 atom stereocenters. The van der Waals surface area contributed by atoms with Crippen LogP contribution in [0.2, 0.25) is 0 Å². The van der Waals surface area contributed by atoms with Crippen LogP contribution in [-0.2, 0) is 4.79 Å². The number of carbonyl (C=O) groups is 2. The van der Waals surface area contributed by atoms with E-state index in [0.29, 0.717) is 5.75 Å². The predicted molar refractivity (Wildman–Crippen MR) is 84.1 cm³/mol. The maximum absolute atomic E-state index is 12.3. The third-order valence-corrected chi connectivity index (χ3v) is 3.20. The van der Waals surface area contributed by atoms with Gasteiger partial charge in [-0.2, -0.15) is 0 Å². The zero-order chi connectivity index (χ0) is 16.9. The van der Waals surface area contributed by atoms with Crippen LogP contribution in [0.4, 0.5) is 0 Å². The van der Waals surface area contributed by atoms with E-state index in [4.69, 9.17) is 15.2 Å². The molecule has 0 aliphatic rings. The zero-order valence-corrected chi connectivity index (χ0v) is 13.8. The van der Waals surface area contributed by atoms with E-state index >= 15 is 0 Å². The van der Waals surface area contributed by atoms with Crippen molar-refractivity contribution in [3.8, 4) is 11.5 Å². The second-order valence-electron chi connectivity index (χ2n) is 5.48. The van der Waals surface area contributed by atoms with Crippen molar-refractivity contribution >= 4 is 11.8 Å². The molecule has 0 radical (unpaired) electrons. The Balaban J connectivity index is 2.96. The molecule has 0 fully saturated rings. The summed E-state index contributed by atoms with van der Waals surface area (Å²) in [7, 11) is 1.46. The third kappa shape index (κ3) is 4.13. The molecule has 2 amide bonds. The molecule has 0 unspecified atom stereocenters. The topological polar surface area (TPSA) is 81.9 Å². The molecule has 1 rings (SSSR count). The Labute approximate surface area is 131 Å². The molecule has 0 heterocycles. The highest BCUT2D eigenvalue weighted by molar-refractivity contribution is 5.96. The summed E-state index contributed by atoms with van der Waals surface area (Å²) in [6.07, 6.45) is 0. The highest BCUT2D eigenvalue weighted by Crippen LogP contribution is 2.30. The number of nitrogens with two attached hydrogens (primary N) is 1. The van der Waals surface area contributed by atoms with Crippen LogP contribution in [0.5, 0.6) is 11.5 Å². The maximum Gasteiger partial charge on any atom is 0.260 e. The first kappa shape index (κ1) is 17.8. The summed E-state index contributed by atoms with van der Waals surface area (Å²) in [5, 5.41) is 0. The number of benzene rings is 1. The summed E-state index contributed by atoms with van der Waals surface area (Å²) < 4.78 is 10.7. The van der Waals surface area contributed by atoms with Gasteiger partial charge in [-0.1, -0.05) is 6.07 Å². The Bertz CT molecular complexity index is 533. The maximum atomic E-state index is 12.3. The van der Waals surface area contributed by atoms with E-state index in [1.165, 1.54) is 13.2 Å². The number of methoxy groups -OCH3 is 1. The van der Waals surface area contributed by atoms with Gasteiger partial charge in [0.15, 0.2) is 18.1 Å². The summed E-state index contributed by atoms with van der Waals surface area (Å²) in [6.45, 7) is 7.58. The van der Waals surface area contributed by atoms with Gasteiger partial charge in [-0.05, 0) is 39.8 Å². The highest BCUT2D eigenvalue weighted by atomic mass is 16.5. The molecule has 0 spiro atoms. The van der Waals surface area contributed by atoms with Gasteiger partial charge in [0.2, 0.25) is 0 Å². The highest BCUT2D eigenvalue weighted by Gasteiger charge is 2.22. The number of ether oxygens (including phenoxy) is 2. The number of para-hydroxylation sites is 1. The zero-order valence-electron chi connectivity index (χ0n) is 13.8. The fourth-order valence-electron chi connectivity index (χ4n) is 2.40. The van der Waals surface area contributed by atoms with Crippen LogP contribution in [0.3, 0.4) is 0 Å². The fourth-order valence-corrected chi connectivity index (χ4v) is 2.40. The Morgan fingerprint density at radius 2 is 1.77 bits per heavy atom. The summed E-state index contributed by atoms with van der Waals surface area (Å²) in [4.78, 5) is 25.5. The largest absolute Gasteiger partial charge is 0.493 e. The molecule has 0 saturated heterocycles. The lowest BCUT2D eigenvalue weighted by molar-refractivity contribution is -0.137. The second-order valence-corrected chi connectivity index (χ2v) is 5.48. The summed E-state index contributed by atoms with van der Waals surface area (Å²) in [5.74, 6) is -0.236. The molecule has 122 valence electrons. The van der Waals surface area contributed by atoms with E-state index in [0.717, 1.165) is 0 Å². The van der Waals surface area contributed by atoms with Crippen LogP contribution in [0.1, 0.15) is 38.1 Å². The minimum Gasteiger partial charge on any atom is -0.493 e. The molecule has 6 heteroatoms. The van der Waals surface area contributed by atoms with E-state index in [2.05, 4.69) is 0 Å². The van der Waals surface area contributed by atoms with Gasteiger partial charge in [-0.25, -0.2) is 0 Å². The molecule has 6 nitrogen and oxygen atoms in total. The van der Waals surface area contributed by atoms with Crippen molar-refractivity contribution in [1.29, 1.82) is 0 Å². The van der Waals surface area contributed by atoms with Crippen LogP contribution >= 0.6 is 0 Å². The molecule has 22 heavy (non-hydrogen) atoms. The van der Waals surface area contributed by atoms with Crippen molar-refractivity contribution in [3.05, 3.63) is 23.8 Å². The van der Waals surface area contributed by atoms with E-state index in [9.17, 15) is 9.59 Å². The fraction of sp³-hybridized carbons (Fsp3) is 0.500. The number of carbonyl (C=O) groups excluding carboxylic acids is 2. The van der Waals surface area contributed by atoms with Crippen molar-refractivity contribution in [2.45, 2.75) is 39.8 Å². The first-order chi connectivity index (χ1) is 10.3. The summed E-state index contributed by atoms with van der Waals surface area (Å²) in [6, 6.07) is 4.94. The first-order valence-electron chi connectivity index (χ1n) is 7.20. The number of hydrogen-bond donors (Lipinski definition) is 1. The van der Waals surface area contributed by atoms with Crippen molar-refractivity contribution in [1.82, 2.24) is 4.90 Å². The average molecular weight is 308 g/mol. The van der Waals surface area contributed by atoms with Gasteiger partial charge in [0.1, 0.15) is 0 Å². The van der Waals surface area contributed by atoms with Crippen molar-refractivity contribution in [2.75, 3.05) is 13.7 Å². The number of nitrogens with zero attached hydrogens (tertiary/aromatic N) is 1. The van der Waals surface area contributed by atoms with E-state index in [1.807, 2.05) is 27.7 Å². The molecule has 0 aliphatic heterocycles.